The van der Waals surface area contributed by atoms with Crippen molar-refractivity contribution in [3.8, 4) is 5.75 Å². The molecule has 3 atom stereocenters. The fourth-order valence-electron chi connectivity index (χ4n) is 4.61. The van der Waals surface area contributed by atoms with E-state index in [1.807, 2.05) is 0 Å². The Balaban J connectivity index is 1.43. The second kappa shape index (κ2) is 8.36. The van der Waals surface area contributed by atoms with Crippen molar-refractivity contribution in [1.29, 1.82) is 0 Å². The number of hydrogen-bond acceptors (Lipinski definition) is 7. The van der Waals surface area contributed by atoms with Crippen molar-refractivity contribution in [3.05, 3.63) is 58.6 Å². The Labute approximate surface area is 188 Å². The number of aliphatic hydroxyl groups is 2. The lowest BCUT2D eigenvalue weighted by Gasteiger charge is -2.23. The van der Waals surface area contributed by atoms with E-state index in [1.165, 1.54) is 12.1 Å². The Hall–Kier alpha value is -3.08. The third-order valence-electron chi connectivity index (χ3n) is 6.32. The van der Waals surface area contributed by atoms with Crippen LogP contribution in [0, 0.1) is 6.92 Å². The predicted molar refractivity (Wildman–Crippen MR) is 118 cm³/mol. The van der Waals surface area contributed by atoms with E-state index in [9.17, 15) is 19.0 Å². The van der Waals surface area contributed by atoms with Gasteiger partial charge in [0.05, 0.1) is 11.4 Å². The van der Waals surface area contributed by atoms with Gasteiger partial charge in [0.2, 0.25) is 0 Å². The molecule has 33 heavy (non-hydrogen) atoms. The van der Waals surface area contributed by atoms with Crippen LogP contribution in [0.1, 0.15) is 35.0 Å². The molecule has 0 spiro atoms. The van der Waals surface area contributed by atoms with Gasteiger partial charge in [-0.2, -0.15) is 0 Å². The molecule has 5 rings (SSSR count). The predicted octanol–water partition coefficient (Wildman–Crippen LogP) is 2.19. The van der Waals surface area contributed by atoms with Crippen LogP contribution in [-0.4, -0.2) is 50.1 Å². The van der Waals surface area contributed by atoms with E-state index in [-0.39, 0.29) is 12.2 Å². The van der Waals surface area contributed by atoms with Crippen LogP contribution in [0.4, 0.5) is 14.6 Å². The van der Waals surface area contributed by atoms with Gasteiger partial charge in [-0.25, -0.2) is 18.7 Å². The molecule has 10 heteroatoms. The van der Waals surface area contributed by atoms with Crippen LogP contribution in [0.3, 0.4) is 0 Å². The highest BCUT2D eigenvalue weighted by Gasteiger charge is 2.37. The normalized spacial score (nSPS) is 22.6. The number of anilines is 1. The molecule has 8 nitrogen and oxygen atoms in total. The van der Waals surface area contributed by atoms with Crippen LogP contribution >= 0.6 is 0 Å². The molecule has 174 valence electrons. The van der Waals surface area contributed by atoms with Gasteiger partial charge in [-0.15, -0.1) is 0 Å². The monoisotopic (exact) mass is 457 g/mol. The molecule has 1 aliphatic carbocycles. The topological polar surface area (TPSA) is 118 Å². The van der Waals surface area contributed by atoms with Crippen LogP contribution in [-0.2, 0) is 13.0 Å². The highest BCUT2D eigenvalue weighted by molar-refractivity contribution is 5.86. The van der Waals surface area contributed by atoms with Crippen molar-refractivity contribution in [2.45, 2.75) is 44.6 Å². The molecule has 1 aliphatic heterocycles. The number of benzene rings is 1. The van der Waals surface area contributed by atoms with Gasteiger partial charge in [-0.3, -0.25) is 0 Å². The number of nitrogens with one attached hydrogen (secondary N) is 1. The molecule has 5 N–H and O–H groups in total. The fourth-order valence-corrected chi connectivity index (χ4v) is 4.61. The maximum atomic E-state index is 13.4. The number of rotatable bonds is 5. The first-order valence-corrected chi connectivity index (χ1v) is 10.8. The van der Waals surface area contributed by atoms with Crippen molar-refractivity contribution >= 4 is 16.9 Å². The minimum Gasteiger partial charge on any atom is -0.489 e. The largest absolute Gasteiger partial charge is 0.489 e. The summed E-state index contributed by atoms with van der Waals surface area (Å²) in [6, 6.07) is 4.06. The number of nitrogens with two attached hydrogens (primary N) is 1. The average molecular weight is 457 g/mol. The second-order valence-corrected chi connectivity index (χ2v) is 8.46. The zero-order valence-electron chi connectivity index (χ0n) is 18.0. The Morgan fingerprint density at radius 2 is 2.12 bits per heavy atom. The summed E-state index contributed by atoms with van der Waals surface area (Å²) in [7, 11) is 0. The Kier molecular flexibility index (Phi) is 5.51. The van der Waals surface area contributed by atoms with E-state index < -0.39 is 24.7 Å². The quantitative estimate of drug-likeness (QED) is 0.434. The van der Waals surface area contributed by atoms with Gasteiger partial charge in [0.25, 0.3) is 6.43 Å². The molecule has 2 aliphatic rings. The molecule has 0 unspecified atom stereocenters. The molecule has 3 aromatic rings. The van der Waals surface area contributed by atoms with Crippen molar-refractivity contribution in [1.82, 2.24) is 19.9 Å². The lowest BCUT2D eigenvalue weighted by Crippen LogP contribution is -2.30. The van der Waals surface area contributed by atoms with Crippen molar-refractivity contribution < 1.29 is 23.7 Å². The first-order valence-electron chi connectivity index (χ1n) is 10.8. The third kappa shape index (κ3) is 3.84. The SMILES string of the molecule is Cc1nc(N)c2ccn([C@@H]3C=C(COc4cc(C(F)F)cc5c4CNCC5)[C@@H](O)[C@H]3O)c2n1. The molecular weight excluding hydrogens is 432 g/mol. The summed E-state index contributed by atoms with van der Waals surface area (Å²) >= 11 is 0. The number of fused-ring (bicyclic) bond motifs is 2. The molecule has 2 aromatic heterocycles. The Morgan fingerprint density at radius 1 is 1.30 bits per heavy atom. The van der Waals surface area contributed by atoms with E-state index >= 15 is 0 Å². The molecule has 0 radical (unpaired) electrons. The van der Waals surface area contributed by atoms with Crippen molar-refractivity contribution in [3.63, 3.8) is 0 Å². The summed E-state index contributed by atoms with van der Waals surface area (Å²) in [5.41, 5.74) is 8.61. The summed E-state index contributed by atoms with van der Waals surface area (Å²) in [5.74, 6) is 1.20. The molecule has 0 saturated heterocycles. The van der Waals surface area contributed by atoms with Crippen molar-refractivity contribution in [2.75, 3.05) is 18.9 Å². The van der Waals surface area contributed by atoms with Crippen LogP contribution < -0.4 is 15.8 Å². The number of aliphatic hydroxyl groups excluding tert-OH is 2. The summed E-state index contributed by atoms with van der Waals surface area (Å²) in [6.45, 7) is 2.93. The van der Waals surface area contributed by atoms with Gasteiger partial charge in [-0.05, 0) is 49.2 Å². The molecule has 3 heterocycles. The zero-order valence-corrected chi connectivity index (χ0v) is 18.0. The maximum Gasteiger partial charge on any atom is 0.263 e. The number of alkyl halides is 2. The van der Waals surface area contributed by atoms with Gasteiger partial charge in [0, 0.05) is 23.9 Å². The molecule has 0 amide bonds. The summed E-state index contributed by atoms with van der Waals surface area (Å²) in [6.07, 6.45) is -0.786. The second-order valence-electron chi connectivity index (χ2n) is 8.46. The summed E-state index contributed by atoms with van der Waals surface area (Å²) in [5, 5.41) is 25.3. The van der Waals surface area contributed by atoms with E-state index in [0.29, 0.717) is 47.0 Å². The number of hydrogen-bond donors (Lipinski definition) is 4. The van der Waals surface area contributed by atoms with Gasteiger partial charge < -0.3 is 30.6 Å². The van der Waals surface area contributed by atoms with E-state index in [4.69, 9.17) is 10.5 Å². The molecular formula is C23H25F2N5O3. The highest BCUT2D eigenvalue weighted by Crippen LogP contribution is 2.35. The minimum atomic E-state index is -2.60. The molecule has 1 aromatic carbocycles. The number of aromatic nitrogens is 3. The lowest BCUT2D eigenvalue weighted by molar-refractivity contribution is 0.0295. The van der Waals surface area contributed by atoms with Crippen LogP contribution in [0.25, 0.3) is 11.0 Å². The van der Waals surface area contributed by atoms with Crippen LogP contribution in [0.15, 0.2) is 36.0 Å². The molecule has 0 saturated carbocycles. The fraction of sp³-hybridized carbons (Fsp3) is 0.391. The average Bonchev–Trinajstić information content (AvgIpc) is 3.33. The minimum absolute atomic E-state index is 0.0385. The summed E-state index contributed by atoms with van der Waals surface area (Å²) in [4.78, 5) is 8.59. The zero-order chi connectivity index (χ0) is 23.3. The number of aryl methyl sites for hydroxylation is 1. The Bertz CT molecular complexity index is 1240. The number of nitrogen functional groups attached to an aromatic ring is 1. The van der Waals surface area contributed by atoms with Gasteiger partial charge in [-0.1, -0.05) is 6.08 Å². The number of ether oxygens (including phenoxy) is 1. The van der Waals surface area contributed by atoms with E-state index in [1.54, 1.807) is 29.8 Å². The first kappa shape index (κ1) is 21.7. The highest BCUT2D eigenvalue weighted by atomic mass is 19.3. The van der Waals surface area contributed by atoms with Gasteiger partial charge in [0.15, 0.2) is 0 Å². The number of nitrogens with zero attached hydrogens (tertiary/aromatic N) is 3. The van der Waals surface area contributed by atoms with Crippen LogP contribution in [0.2, 0.25) is 0 Å². The smallest absolute Gasteiger partial charge is 0.263 e. The van der Waals surface area contributed by atoms with E-state index in [2.05, 4.69) is 15.3 Å². The maximum absolute atomic E-state index is 13.4. The molecule has 0 fully saturated rings. The number of halogens is 2. The van der Waals surface area contributed by atoms with Crippen LogP contribution in [0.5, 0.6) is 5.75 Å². The van der Waals surface area contributed by atoms with Crippen molar-refractivity contribution in [2.24, 2.45) is 0 Å². The first-order chi connectivity index (χ1) is 15.8. The lowest BCUT2D eigenvalue weighted by atomic mass is 9.97. The van der Waals surface area contributed by atoms with Gasteiger partial charge >= 0.3 is 0 Å². The van der Waals surface area contributed by atoms with E-state index in [0.717, 1.165) is 17.7 Å². The van der Waals surface area contributed by atoms with Gasteiger partial charge in [0.1, 0.15) is 41.9 Å². The summed E-state index contributed by atoms with van der Waals surface area (Å²) < 4.78 is 34.4. The standard InChI is InChI=1S/C23H25F2N5O3/c1-11-28-22(26)15-3-5-30(23(15)29-11)17-7-14(19(31)20(17)32)10-33-18-8-13(21(24)25)6-12-2-4-27-9-16(12)18/h3,5-8,17,19-21,27,31-32H,2,4,9-10H2,1H3,(H2,26,28,29)/t17-,19-,20+/m1/s1. The molecule has 0 bridgehead atoms. The third-order valence-corrected chi connectivity index (χ3v) is 6.32. The Morgan fingerprint density at radius 3 is 2.91 bits per heavy atom.